The second-order valence-corrected chi connectivity index (χ2v) is 7.49. The van der Waals surface area contributed by atoms with Gasteiger partial charge in [-0.25, -0.2) is 0 Å². The van der Waals surface area contributed by atoms with Gasteiger partial charge in [-0.15, -0.1) is 24.0 Å². The molecule has 1 unspecified atom stereocenters. The molecule has 148 valence electrons. The molecule has 0 amide bonds. The zero-order chi connectivity index (χ0) is 17.2. The molecule has 0 aromatic heterocycles. The molecule has 2 rings (SSSR count). The number of likely N-dealkylation sites (tertiary alicyclic amines) is 1. The molecule has 1 aliphatic carbocycles. The van der Waals surface area contributed by atoms with Crippen molar-refractivity contribution >= 4 is 29.9 Å². The molecular formula is C19H38IN3O2. The van der Waals surface area contributed by atoms with Crippen molar-refractivity contribution in [3.63, 3.8) is 0 Å². The molecule has 1 saturated carbocycles. The summed E-state index contributed by atoms with van der Waals surface area (Å²) in [7, 11) is 1.72. The summed E-state index contributed by atoms with van der Waals surface area (Å²) in [5.74, 6) is 3.42. The number of nitrogens with zero attached hydrogens (tertiary/aromatic N) is 2. The topological polar surface area (TPSA) is 46.1 Å². The van der Waals surface area contributed by atoms with E-state index in [0.29, 0.717) is 19.1 Å². The molecule has 2 aliphatic rings. The van der Waals surface area contributed by atoms with E-state index in [9.17, 15) is 0 Å². The molecule has 1 atom stereocenters. The van der Waals surface area contributed by atoms with Crippen molar-refractivity contribution < 1.29 is 9.47 Å². The van der Waals surface area contributed by atoms with Gasteiger partial charge >= 0.3 is 0 Å². The van der Waals surface area contributed by atoms with Crippen LogP contribution >= 0.6 is 24.0 Å². The number of rotatable bonds is 8. The number of halogens is 1. The second kappa shape index (κ2) is 13.1. The Hall–Kier alpha value is -0.0800. The van der Waals surface area contributed by atoms with Crippen LogP contribution < -0.4 is 5.32 Å². The molecule has 25 heavy (non-hydrogen) atoms. The predicted octanol–water partition coefficient (Wildman–Crippen LogP) is 3.38. The molecule has 1 saturated heterocycles. The Morgan fingerprint density at radius 3 is 2.56 bits per heavy atom. The Morgan fingerprint density at radius 2 is 1.88 bits per heavy atom. The van der Waals surface area contributed by atoms with E-state index in [2.05, 4.69) is 24.1 Å². The Balaban J connectivity index is 0.00000312. The highest BCUT2D eigenvalue weighted by molar-refractivity contribution is 14.0. The quantitative estimate of drug-likeness (QED) is 0.257. The lowest BCUT2D eigenvalue weighted by molar-refractivity contribution is 0.0536. The molecule has 0 bridgehead atoms. The van der Waals surface area contributed by atoms with Crippen LogP contribution in [0.2, 0.25) is 0 Å². The van der Waals surface area contributed by atoms with Gasteiger partial charge in [-0.2, -0.15) is 0 Å². The minimum absolute atomic E-state index is 0. The van der Waals surface area contributed by atoms with E-state index in [1.165, 1.54) is 32.1 Å². The number of guanidine groups is 1. The number of aliphatic imine (C=N–C) groups is 1. The monoisotopic (exact) mass is 467 g/mol. The van der Waals surface area contributed by atoms with Crippen LogP contribution in [0.1, 0.15) is 46.0 Å². The first kappa shape index (κ1) is 23.0. The minimum atomic E-state index is 0. The molecule has 1 aliphatic heterocycles. The van der Waals surface area contributed by atoms with Gasteiger partial charge in [0.05, 0.1) is 19.8 Å². The smallest absolute Gasteiger partial charge is 0.193 e. The molecule has 1 N–H and O–H groups in total. The average molecular weight is 467 g/mol. The molecule has 0 spiro atoms. The number of methoxy groups -OCH3 is 1. The van der Waals surface area contributed by atoms with Crippen LogP contribution in [0.5, 0.6) is 0 Å². The van der Waals surface area contributed by atoms with Crippen molar-refractivity contribution in [2.24, 2.45) is 22.7 Å². The van der Waals surface area contributed by atoms with E-state index in [0.717, 1.165) is 50.6 Å². The van der Waals surface area contributed by atoms with Crippen molar-refractivity contribution in [2.75, 3.05) is 53.1 Å². The Morgan fingerprint density at radius 1 is 1.12 bits per heavy atom. The summed E-state index contributed by atoms with van der Waals surface area (Å²) in [6, 6.07) is 0. The lowest BCUT2D eigenvalue weighted by Crippen LogP contribution is -2.40. The van der Waals surface area contributed by atoms with Crippen LogP contribution in [0, 0.1) is 17.8 Å². The number of nitrogens with one attached hydrogen (secondary N) is 1. The van der Waals surface area contributed by atoms with Crippen molar-refractivity contribution in [3.8, 4) is 0 Å². The van der Waals surface area contributed by atoms with Gasteiger partial charge in [0.1, 0.15) is 0 Å². The van der Waals surface area contributed by atoms with Crippen molar-refractivity contribution in [3.05, 3.63) is 0 Å². The molecule has 0 radical (unpaired) electrons. The van der Waals surface area contributed by atoms with Crippen LogP contribution in [0.15, 0.2) is 4.99 Å². The third kappa shape index (κ3) is 8.43. The standard InChI is InChI=1S/C19H37N3O2.HI/c1-4-20-19(21-13-17-7-5-16(2)6-8-17)22-10-9-18(14-22)15-24-12-11-23-3;/h16-18H,4-15H2,1-3H3,(H,20,21);1H. The summed E-state index contributed by atoms with van der Waals surface area (Å²) >= 11 is 0. The maximum Gasteiger partial charge on any atom is 0.193 e. The van der Waals surface area contributed by atoms with Crippen molar-refractivity contribution in [1.29, 1.82) is 0 Å². The summed E-state index contributed by atoms with van der Waals surface area (Å²) < 4.78 is 10.7. The minimum Gasteiger partial charge on any atom is -0.382 e. The fourth-order valence-corrected chi connectivity index (χ4v) is 3.71. The largest absolute Gasteiger partial charge is 0.382 e. The van der Waals surface area contributed by atoms with Gasteiger partial charge in [-0.05, 0) is 38.0 Å². The first-order chi connectivity index (χ1) is 11.7. The van der Waals surface area contributed by atoms with Gasteiger partial charge in [0.2, 0.25) is 0 Å². The van der Waals surface area contributed by atoms with Gasteiger partial charge in [0.25, 0.3) is 0 Å². The van der Waals surface area contributed by atoms with Gasteiger partial charge in [0, 0.05) is 39.2 Å². The van der Waals surface area contributed by atoms with E-state index in [1.807, 2.05) is 0 Å². The fourth-order valence-electron chi connectivity index (χ4n) is 3.71. The molecule has 1 heterocycles. The second-order valence-electron chi connectivity index (χ2n) is 7.49. The highest BCUT2D eigenvalue weighted by Crippen LogP contribution is 2.28. The van der Waals surface area contributed by atoms with E-state index in [1.54, 1.807) is 7.11 Å². The average Bonchev–Trinajstić information content (AvgIpc) is 3.06. The molecule has 2 fully saturated rings. The maximum absolute atomic E-state index is 5.70. The first-order valence-electron chi connectivity index (χ1n) is 9.82. The van der Waals surface area contributed by atoms with Gasteiger partial charge in [-0.3, -0.25) is 4.99 Å². The van der Waals surface area contributed by atoms with Crippen LogP contribution in [0.3, 0.4) is 0 Å². The van der Waals surface area contributed by atoms with Gasteiger partial charge in [-0.1, -0.05) is 19.8 Å². The number of ether oxygens (including phenoxy) is 2. The highest BCUT2D eigenvalue weighted by atomic mass is 127. The van der Waals surface area contributed by atoms with Crippen LogP contribution in [0.25, 0.3) is 0 Å². The lowest BCUT2D eigenvalue weighted by atomic mass is 9.83. The highest BCUT2D eigenvalue weighted by Gasteiger charge is 2.25. The third-order valence-electron chi connectivity index (χ3n) is 5.34. The van der Waals surface area contributed by atoms with Crippen LogP contribution in [0.4, 0.5) is 0 Å². The molecule has 0 aromatic carbocycles. The predicted molar refractivity (Wildman–Crippen MR) is 115 cm³/mol. The summed E-state index contributed by atoms with van der Waals surface area (Å²) in [4.78, 5) is 7.37. The Bertz CT molecular complexity index is 374. The van der Waals surface area contributed by atoms with Crippen LogP contribution in [-0.2, 0) is 9.47 Å². The number of hydrogen-bond acceptors (Lipinski definition) is 3. The molecule has 6 heteroatoms. The normalized spacial score (nSPS) is 27.2. The lowest BCUT2D eigenvalue weighted by Gasteiger charge is -2.26. The Kier molecular flexibility index (Phi) is 12.1. The van der Waals surface area contributed by atoms with E-state index < -0.39 is 0 Å². The van der Waals surface area contributed by atoms with E-state index in [-0.39, 0.29) is 24.0 Å². The van der Waals surface area contributed by atoms with Gasteiger partial charge in [0.15, 0.2) is 5.96 Å². The summed E-state index contributed by atoms with van der Waals surface area (Å²) in [5.41, 5.74) is 0. The summed E-state index contributed by atoms with van der Waals surface area (Å²) in [6.45, 7) is 10.8. The Labute approximate surface area is 171 Å². The van der Waals surface area contributed by atoms with E-state index >= 15 is 0 Å². The van der Waals surface area contributed by atoms with Crippen LogP contribution in [-0.4, -0.2) is 64.0 Å². The molecule has 0 aromatic rings. The zero-order valence-electron chi connectivity index (χ0n) is 16.3. The van der Waals surface area contributed by atoms with Crippen molar-refractivity contribution in [1.82, 2.24) is 10.2 Å². The zero-order valence-corrected chi connectivity index (χ0v) is 18.7. The van der Waals surface area contributed by atoms with Crippen molar-refractivity contribution in [2.45, 2.75) is 46.0 Å². The molecular weight excluding hydrogens is 429 g/mol. The summed E-state index contributed by atoms with van der Waals surface area (Å²) in [6.07, 6.45) is 6.64. The van der Waals surface area contributed by atoms with Gasteiger partial charge < -0.3 is 19.7 Å². The third-order valence-corrected chi connectivity index (χ3v) is 5.34. The fraction of sp³-hybridized carbons (Fsp3) is 0.947. The van der Waals surface area contributed by atoms with E-state index in [4.69, 9.17) is 14.5 Å². The SMILES string of the molecule is CCNC(=NCC1CCC(C)CC1)N1CCC(COCCOC)C1.I. The summed E-state index contributed by atoms with van der Waals surface area (Å²) in [5, 5.41) is 3.48. The molecule has 5 nitrogen and oxygen atoms in total. The maximum atomic E-state index is 5.70. The number of hydrogen-bond donors (Lipinski definition) is 1. The first-order valence-corrected chi connectivity index (χ1v) is 9.82.